The van der Waals surface area contributed by atoms with Crippen LogP contribution in [0.25, 0.3) is 0 Å². The van der Waals surface area contributed by atoms with Gasteiger partial charge in [0.25, 0.3) is 5.91 Å². The van der Waals surface area contributed by atoms with Gasteiger partial charge in [0.05, 0.1) is 7.11 Å². The molecule has 0 radical (unpaired) electrons. The van der Waals surface area contributed by atoms with Crippen molar-refractivity contribution in [2.75, 3.05) is 17.7 Å². The summed E-state index contributed by atoms with van der Waals surface area (Å²) in [7, 11) is 1.60. The number of nitrogens with one attached hydrogen (secondary N) is 2. The van der Waals surface area contributed by atoms with Crippen molar-refractivity contribution in [3.8, 4) is 5.75 Å². The Morgan fingerprint density at radius 2 is 1.96 bits per heavy atom. The Labute approximate surface area is 140 Å². The first kappa shape index (κ1) is 16.0. The Balaban J connectivity index is 1.71. The fourth-order valence-corrected chi connectivity index (χ4v) is 2.31. The smallest absolute Gasteiger partial charge is 0.255 e. The summed E-state index contributed by atoms with van der Waals surface area (Å²) < 4.78 is 5.16. The molecule has 3 rings (SSSR count). The van der Waals surface area contributed by atoms with Crippen molar-refractivity contribution < 1.29 is 14.3 Å². The Morgan fingerprint density at radius 1 is 1.17 bits per heavy atom. The second kappa shape index (κ2) is 6.70. The predicted molar refractivity (Wildman–Crippen MR) is 91.3 cm³/mol. The summed E-state index contributed by atoms with van der Waals surface area (Å²) in [5.41, 5.74) is 2.05. The van der Waals surface area contributed by atoms with Gasteiger partial charge in [0.2, 0.25) is 5.91 Å². The van der Waals surface area contributed by atoms with E-state index in [9.17, 15) is 9.59 Å². The van der Waals surface area contributed by atoms with Gasteiger partial charge < -0.3 is 15.4 Å². The number of hydrogen-bond donors (Lipinski definition) is 2. The van der Waals surface area contributed by atoms with E-state index in [2.05, 4.69) is 15.6 Å². The standard InChI is InChI=1S/C18H19N3O3/c1-11-9-14(24-2)5-6-15(11)20-18(23)13-7-8-19-16(10-13)21-17(22)12-3-4-12/h5-10,12H,3-4H2,1-2H3,(H,20,23)(H,19,21,22). The number of aromatic nitrogens is 1. The number of pyridine rings is 1. The lowest BCUT2D eigenvalue weighted by Gasteiger charge is -2.10. The van der Waals surface area contributed by atoms with Gasteiger partial charge in [-0.15, -0.1) is 0 Å². The molecule has 2 amide bonds. The molecule has 1 heterocycles. The van der Waals surface area contributed by atoms with Gasteiger partial charge in [0.1, 0.15) is 11.6 Å². The average molecular weight is 325 g/mol. The van der Waals surface area contributed by atoms with Crippen molar-refractivity contribution >= 4 is 23.3 Å². The van der Waals surface area contributed by atoms with E-state index in [-0.39, 0.29) is 17.7 Å². The second-order valence-electron chi connectivity index (χ2n) is 5.83. The zero-order chi connectivity index (χ0) is 17.1. The zero-order valence-electron chi connectivity index (χ0n) is 13.6. The van der Waals surface area contributed by atoms with Crippen LogP contribution in [-0.4, -0.2) is 23.9 Å². The number of aryl methyl sites for hydroxylation is 1. The molecular formula is C18H19N3O3. The number of hydrogen-bond acceptors (Lipinski definition) is 4. The largest absolute Gasteiger partial charge is 0.497 e. The van der Waals surface area contributed by atoms with Crippen molar-refractivity contribution in [3.63, 3.8) is 0 Å². The summed E-state index contributed by atoms with van der Waals surface area (Å²) in [6.45, 7) is 1.89. The molecule has 0 unspecified atom stereocenters. The molecule has 1 aliphatic carbocycles. The molecule has 6 heteroatoms. The van der Waals surface area contributed by atoms with E-state index < -0.39 is 0 Å². The predicted octanol–water partition coefficient (Wildman–Crippen LogP) is 3.00. The van der Waals surface area contributed by atoms with Gasteiger partial charge in [-0.25, -0.2) is 4.98 Å². The fraction of sp³-hybridized carbons (Fsp3) is 0.278. The third kappa shape index (κ3) is 3.71. The number of carbonyl (C=O) groups excluding carboxylic acids is 2. The Morgan fingerprint density at radius 3 is 2.62 bits per heavy atom. The Hall–Kier alpha value is -2.89. The minimum Gasteiger partial charge on any atom is -0.497 e. The molecule has 2 N–H and O–H groups in total. The number of carbonyl (C=O) groups is 2. The maximum Gasteiger partial charge on any atom is 0.255 e. The van der Waals surface area contributed by atoms with Crippen LogP contribution in [-0.2, 0) is 4.79 Å². The summed E-state index contributed by atoms with van der Waals surface area (Å²) in [5, 5.41) is 5.60. The van der Waals surface area contributed by atoms with Crippen LogP contribution in [0.2, 0.25) is 0 Å². The van der Waals surface area contributed by atoms with E-state index in [0.717, 1.165) is 24.2 Å². The first-order valence-corrected chi connectivity index (χ1v) is 7.79. The monoisotopic (exact) mass is 325 g/mol. The van der Waals surface area contributed by atoms with Crippen LogP contribution in [0.4, 0.5) is 11.5 Å². The fourth-order valence-electron chi connectivity index (χ4n) is 2.31. The zero-order valence-corrected chi connectivity index (χ0v) is 13.6. The molecule has 0 saturated heterocycles. The summed E-state index contributed by atoms with van der Waals surface area (Å²) in [5.74, 6) is 0.926. The lowest BCUT2D eigenvalue weighted by molar-refractivity contribution is -0.117. The van der Waals surface area contributed by atoms with E-state index in [1.165, 1.54) is 6.20 Å². The summed E-state index contributed by atoms with van der Waals surface area (Å²) >= 11 is 0. The van der Waals surface area contributed by atoms with E-state index >= 15 is 0 Å². The van der Waals surface area contributed by atoms with Gasteiger partial charge in [-0.1, -0.05) is 0 Å². The molecule has 1 aromatic heterocycles. The third-order valence-electron chi connectivity index (χ3n) is 3.90. The number of nitrogens with zero attached hydrogens (tertiary/aromatic N) is 1. The maximum atomic E-state index is 12.4. The third-order valence-corrected chi connectivity index (χ3v) is 3.90. The van der Waals surface area contributed by atoms with Crippen molar-refractivity contribution in [3.05, 3.63) is 47.7 Å². The molecule has 24 heavy (non-hydrogen) atoms. The van der Waals surface area contributed by atoms with E-state index in [4.69, 9.17) is 4.74 Å². The molecule has 1 aromatic carbocycles. The Kier molecular flexibility index (Phi) is 4.46. The van der Waals surface area contributed by atoms with Crippen molar-refractivity contribution in [1.29, 1.82) is 0 Å². The topological polar surface area (TPSA) is 80.3 Å². The highest BCUT2D eigenvalue weighted by Crippen LogP contribution is 2.30. The first-order chi connectivity index (χ1) is 11.6. The second-order valence-corrected chi connectivity index (χ2v) is 5.83. The number of methoxy groups -OCH3 is 1. The number of ether oxygens (including phenoxy) is 1. The summed E-state index contributed by atoms with van der Waals surface area (Å²) in [4.78, 5) is 28.3. The minimum absolute atomic E-state index is 0.0361. The van der Waals surface area contributed by atoms with Crippen molar-refractivity contribution in [1.82, 2.24) is 4.98 Å². The molecule has 1 fully saturated rings. The van der Waals surface area contributed by atoms with Crippen LogP contribution >= 0.6 is 0 Å². The van der Waals surface area contributed by atoms with E-state index in [0.29, 0.717) is 17.1 Å². The highest BCUT2D eigenvalue weighted by molar-refractivity contribution is 6.05. The average Bonchev–Trinajstić information content (AvgIpc) is 3.42. The molecule has 1 aliphatic rings. The number of anilines is 2. The molecule has 0 atom stereocenters. The highest BCUT2D eigenvalue weighted by atomic mass is 16.5. The molecule has 2 aromatic rings. The molecule has 1 saturated carbocycles. The first-order valence-electron chi connectivity index (χ1n) is 7.79. The van der Waals surface area contributed by atoms with Gasteiger partial charge in [0.15, 0.2) is 0 Å². The van der Waals surface area contributed by atoms with Crippen LogP contribution in [0.3, 0.4) is 0 Å². The van der Waals surface area contributed by atoms with Crippen molar-refractivity contribution in [2.45, 2.75) is 19.8 Å². The molecule has 6 nitrogen and oxygen atoms in total. The van der Waals surface area contributed by atoms with E-state index in [1.54, 1.807) is 31.4 Å². The summed E-state index contributed by atoms with van der Waals surface area (Å²) in [6, 6.07) is 8.62. The SMILES string of the molecule is COc1ccc(NC(=O)c2ccnc(NC(=O)C3CC3)c2)c(C)c1. The van der Waals surface area contributed by atoms with E-state index in [1.807, 2.05) is 13.0 Å². The van der Waals surface area contributed by atoms with Crippen LogP contribution in [0.1, 0.15) is 28.8 Å². The van der Waals surface area contributed by atoms with Crippen LogP contribution in [0.5, 0.6) is 5.75 Å². The number of amides is 2. The van der Waals surface area contributed by atoms with Gasteiger partial charge in [-0.3, -0.25) is 9.59 Å². The Bertz CT molecular complexity index is 785. The molecule has 0 aliphatic heterocycles. The lowest BCUT2D eigenvalue weighted by Crippen LogP contribution is -2.16. The molecular weight excluding hydrogens is 306 g/mol. The van der Waals surface area contributed by atoms with Crippen LogP contribution in [0.15, 0.2) is 36.5 Å². The molecule has 124 valence electrons. The maximum absolute atomic E-state index is 12.4. The van der Waals surface area contributed by atoms with Gasteiger partial charge in [-0.2, -0.15) is 0 Å². The van der Waals surface area contributed by atoms with Crippen molar-refractivity contribution in [2.24, 2.45) is 5.92 Å². The van der Waals surface area contributed by atoms with Crippen LogP contribution in [0, 0.1) is 12.8 Å². The summed E-state index contributed by atoms with van der Waals surface area (Å²) in [6.07, 6.45) is 3.35. The highest BCUT2D eigenvalue weighted by Gasteiger charge is 2.29. The van der Waals surface area contributed by atoms with Gasteiger partial charge >= 0.3 is 0 Å². The normalized spacial score (nSPS) is 13.2. The number of rotatable bonds is 5. The van der Waals surface area contributed by atoms with Gasteiger partial charge in [-0.05, 0) is 55.7 Å². The molecule has 0 spiro atoms. The van der Waals surface area contributed by atoms with Crippen LogP contribution < -0.4 is 15.4 Å². The lowest BCUT2D eigenvalue weighted by atomic mass is 10.1. The number of benzene rings is 1. The quantitative estimate of drug-likeness (QED) is 0.885. The minimum atomic E-state index is -0.257. The van der Waals surface area contributed by atoms with Gasteiger partial charge in [0, 0.05) is 23.4 Å². The molecule has 0 bridgehead atoms.